The van der Waals surface area contributed by atoms with Crippen molar-refractivity contribution in [1.82, 2.24) is 10.3 Å². The Morgan fingerprint density at radius 3 is 2.59 bits per heavy atom. The predicted molar refractivity (Wildman–Crippen MR) is 66.3 cm³/mol. The number of hydrogen-bond donors (Lipinski definition) is 2. The number of aromatic nitrogens is 1. The van der Waals surface area contributed by atoms with Gasteiger partial charge in [0.2, 0.25) is 0 Å². The van der Waals surface area contributed by atoms with E-state index in [1.165, 1.54) is 6.20 Å². The van der Waals surface area contributed by atoms with E-state index in [9.17, 15) is 4.79 Å². The summed E-state index contributed by atoms with van der Waals surface area (Å²) in [5.41, 5.74) is 7.02. The molecule has 1 heterocycles. The summed E-state index contributed by atoms with van der Waals surface area (Å²) in [5.74, 6) is 0.256. The molecule has 0 saturated carbocycles. The highest BCUT2D eigenvalue weighted by Gasteiger charge is 2.04. The van der Waals surface area contributed by atoms with E-state index < -0.39 is 0 Å². The van der Waals surface area contributed by atoms with Crippen LogP contribution in [0.25, 0.3) is 0 Å². The van der Waals surface area contributed by atoms with Crippen molar-refractivity contribution in [3.8, 4) is 0 Å². The summed E-state index contributed by atoms with van der Waals surface area (Å²) in [6, 6.07) is 13.0. The maximum atomic E-state index is 11.7. The molecule has 0 fully saturated rings. The van der Waals surface area contributed by atoms with Gasteiger partial charge in [-0.2, -0.15) is 0 Å². The van der Waals surface area contributed by atoms with Crippen molar-refractivity contribution in [1.29, 1.82) is 0 Å². The fourth-order valence-corrected chi connectivity index (χ4v) is 1.42. The number of nitrogens with two attached hydrogens (primary N) is 1. The summed E-state index contributed by atoms with van der Waals surface area (Å²) in [6.07, 6.45) is 1.47. The number of benzene rings is 1. The summed E-state index contributed by atoms with van der Waals surface area (Å²) in [6.45, 7) is 0.504. The van der Waals surface area contributed by atoms with E-state index >= 15 is 0 Å². The minimum Gasteiger partial charge on any atom is -0.384 e. The summed E-state index contributed by atoms with van der Waals surface area (Å²) in [5, 5.41) is 2.81. The van der Waals surface area contributed by atoms with Gasteiger partial charge < -0.3 is 11.1 Å². The number of nitrogens with one attached hydrogen (secondary N) is 1. The van der Waals surface area contributed by atoms with Crippen molar-refractivity contribution in [2.75, 3.05) is 5.73 Å². The zero-order valence-corrected chi connectivity index (χ0v) is 9.26. The number of nitrogen functional groups attached to an aromatic ring is 1. The van der Waals surface area contributed by atoms with Crippen LogP contribution in [0.1, 0.15) is 15.9 Å². The van der Waals surface area contributed by atoms with Gasteiger partial charge in [-0.05, 0) is 17.7 Å². The van der Waals surface area contributed by atoms with Crippen LogP contribution in [0.3, 0.4) is 0 Å². The fraction of sp³-hybridized carbons (Fsp3) is 0.0769. The van der Waals surface area contributed by atoms with Crippen molar-refractivity contribution in [2.24, 2.45) is 0 Å². The van der Waals surface area contributed by atoms with E-state index in [1.54, 1.807) is 12.1 Å². The van der Waals surface area contributed by atoms with Gasteiger partial charge in [-0.3, -0.25) is 4.79 Å². The maximum absolute atomic E-state index is 11.7. The first-order valence-corrected chi connectivity index (χ1v) is 5.29. The molecule has 1 amide bonds. The van der Waals surface area contributed by atoms with Crippen molar-refractivity contribution in [3.63, 3.8) is 0 Å². The molecule has 0 atom stereocenters. The molecule has 0 aliphatic carbocycles. The SMILES string of the molecule is Nc1ccc(C(=O)NCc2ccccc2)cn1. The summed E-state index contributed by atoms with van der Waals surface area (Å²) >= 11 is 0. The lowest BCUT2D eigenvalue weighted by Gasteiger charge is -2.05. The summed E-state index contributed by atoms with van der Waals surface area (Å²) in [4.78, 5) is 15.6. The number of carbonyl (C=O) groups is 1. The Morgan fingerprint density at radius 1 is 1.18 bits per heavy atom. The number of anilines is 1. The van der Waals surface area contributed by atoms with Crippen LogP contribution in [0.5, 0.6) is 0 Å². The summed E-state index contributed by atoms with van der Waals surface area (Å²) in [7, 11) is 0. The molecule has 17 heavy (non-hydrogen) atoms. The third-order valence-corrected chi connectivity index (χ3v) is 2.34. The van der Waals surface area contributed by atoms with Gasteiger partial charge in [0.25, 0.3) is 5.91 Å². The summed E-state index contributed by atoms with van der Waals surface area (Å²) < 4.78 is 0. The van der Waals surface area contributed by atoms with E-state index in [-0.39, 0.29) is 5.91 Å². The molecule has 0 saturated heterocycles. The van der Waals surface area contributed by atoms with Crippen LogP contribution in [0, 0.1) is 0 Å². The second kappa shape index (κ2) is 5.12. The molecular formula is C13H13N3O. The van der Waals surface area contributed by atoms with Crippen LogP contribution in [0.4, 0.5) is 5.82 Å². The molecule has 0 unspecified atom stereocenters. The Labute approximate surface area is 99.5 Å². The molecule has 4 nitrogen and oxygen atoms in total. The Bertz CT molecular complexity index is 494. The standard InChI is InChI=1S/C13H13N3O/c14-12-7-6-11(9-15-12)13(17)16-8-10-4-2-1-3-5-10/h1-7,9H,8H2,(H2,14,15)(H,16,17). The average molecular weight is 227 g/mol. The lowest BCUT2D eigenvalue weighted by molar-refractivity contribution is 0.0950. The van der Waals surface area contributed by atoms with Crippen molar-refractivity contribution < 1.29 is 4.79 Å². The van der Waals surface area contributed by atoms with Crippen LogP contribution >= 0.6 is 0 Å². The number of amides is 1. The highest BCUT2D eigenvalue weighted by Crippen LogP contribution is 2.02. The molecule has 1 aromatic heterocycles. The van der Waals surface area contributed by atoms with Crippen molar-refractivity contribution in [2.45, 2.75) is 6.54 Å². The van der Waals surface area contributed by atoms with Gasteiger partial charge in [-0.25, -0.2) is 4.98 Å². The van der Waals surface area contributed by atoms with E-state index in [1.807, 2.05) is 30.3 Å². The Hall–Kier alpha value is -2.36. The van der Waals surface area contributed by atoms with Gasteiger partial charge in [-0.15, -0.1) is 0 Å². The topological polar surface area (TPSA) is 68.0 Å². The Balaban J connectivity index is 1.96. The van der Waals surface area contributed by atoms with Gasteiger partial charge in [0.05, 0.1) is 5.56 Å². The number of hydrogen-bond acceptors (Lipinski definition) is 3. The number of rotatable bonds is 3. The van der Waals surface area contributed by atoms with Crippen LogP contribution in [0.15, 0.2) is 48.7 Å². The molecule has 1 aromatic carbocycles. The zero-order chi connectivity index (χ0) is 12.1. The number of carbonyl (C=O) groups excluding carboxylic acids is 1. The molecular weight excluding hydrogens is 214 g/mol. The van der Waals surface area contributed by atoms with Gasteiger partial charge in [0, 0.05) is 12.7 Å². The third-order valence-electron chi connectivity index (χ3n) is 2.34. The number of pyridine rings is 1. The quantitative estimate of drug-likeness (QED) is 0.836. The van der Waals surface area contributed by atoms with Gasteiger partial charge in [0.1, 0.15) is 5.82 Å². The van der Waals surface area contributed by atoms with Crippen LogP contribution in [-0.4, -0.2) is 10.9 Å². The molecule has 0 aliphatic heterocycles. The van der Waals surface area contributed by atoms with Crippen LogP contribution < -0.4 is 11.1 Å². The largest absolute Gasteiger partial charge is 0.384 e. The molecule has 0 aliphatic rings. The van der Waals surface area contributed by atoms with E-state index in [0.29, 0.717) is 17.9 Å². The Kier molecular flexibility index (Phi) is 3.35. The van der Waals surface area contributed by atoms with E-state index in [2.05, 4.69) is 10.3 Å². The third kappa shape index (κ3) is 3.04. The lowest BCUT2D eigenvalue weighted by atomic mass is 10.2. The first-order chi connectivity index (χ1) is 8.25. The highest BCUT2D eigenvalue weighted by atomic mass is 16.1. The van der Waals surface area contributed by atoms with Gasteiger partial charge >= 0.3 is 0 Å². The van der Waals surface area contributed by atoms with E-state index in [0.717, 1.165) is 5.56 Å². The smallest absolute Gasteiger partial charge is 0.253 e. The van der Waals surface area contributed by atoms with Crippen LogP contribution in [-0.2, 0) is 6.54 Å². The first kappa shape index (κ1) is 11.1. The number of nitrogens with zero attached hydrogens (tertiary/aromatic N) is 1. The van der Waals surface area contributed by atoms with Gasteiger partial charge in [0.15, 0.2) is 0 Å². The minimum atomic E-state index is -0.152. The molecule has 3 N–H and O–H groups in total. The molecule has 0 spiro atoms. The normalized spacial score (nSPS) is 9.88. The van der Waals surface area contributed by atoms with Crippen molar-refractivity contribution in [3.05, 3.63) is 59.8 Å². The first-order valence-electron chi connectivity index (χ1n) is 5.29. The van der Waals surface area contributed by atoms with Gasteiger partial charge in [-0.1, -0.05) is 30.3 Å². The van der Waals surface area contributed by atoms with E-state index in [4.69, 9.17) is 5.73 Å². The maximum Gasteiger partial charge on any atom is 0.253 e. The molecule has 2 aromatic rings. The molecule has 86 valence electrons. The monoisotopic (exact) mass is 227 g/mol. The highest BCUT2D eigenvalue weighted by molar-refractivity contribution is 5.93. The zero-order valence-electron chi connectivity index (χ0n) is 9.26. The lowest BCUT2D eigenvalue weighted by Crippen LogP contribution is -2.22. The second-order valence-corrected chi connectivity index (χ2v) is 3.64. The molecule has 4 heteroatoms. The predicted octanol–water partition coefficient (Wildman–Crippen LogP) is 1.59. The van der Waals surface area contributed by atoms with Crippen LogP contribution in [0.2, 0.25) is 0 Å². The van der Waals surface area contributed by atoms with Crippen molar-refractivity contribution >= 4 is 11.7 Å². The molecule has 2 rings (SSSR count). The molecule has 0 bridgehead atoms. The fourth-order valence-electron chi connectivity index (χ4n) is 1.42. The minimum absolute atomic E-state index is 0.152. The molecule has 0 radical (unpaired) electrons. The Morgan fingerprint density at radius 2 is 1.94 bits per heavy atom. The second-order valence-electron chi connectivity index (χ2n) is 3.64. The average Bonchev–Trinajstić information content (AvgIpc) is 2.38.